The zero-order valence-corrected chi connectivity index (χ0v) is 15.4. The van der Waals surface area contributed by atoms with Gasteiger partial charge in [-0.25, -0.2) is 14.1 Å². The van der Waals surface area contributed by atoms with E-state index in [0.29, 0.717) is 22.6 Å². The summed E-state index contributed by atoms with van der Waals surface area (Å²) in [5.74, 6) is 0.0432. The fourth-order valence-electron chi connectivity index (χ4n) is 2.81. The Hall–Kier alpha value is -2.75. The van der Waals surface area contributed by atoms with E-state index in [0.717, 1.165) is 12.8 Å². The first-order valence-electron chi connectivity index (χ1n) is 8.55. The average molecular weight is 387 g/mol. The first-order valence-corrected chi connectivity index (χ1v) is 9.53. The number of nitrogens with one attached hydrogen (secondary N) is 1. The minimum Gasteiger partial charge on any atom is -0.341 e. The zero-order valence-electron chi connectivity index (χ0n) is 14.6. The van der Waals surface area contributed by atoms with Gasteiger partial charge in [-0.2, -0.15) is 0 Å². The van der Waals surface area contributed by atoms with Gasteiger partial charge in [-0.15, -0.1) is 5.10 Å². The molecule has 0 radical (unpaired) electrons. The molecule has 140 valence electrons. The number of carbonyl (C=O) groups excluding carboxylic acids is 1. The molecule has 1 N–H and O–H groups in total. The van der Waals surface area contributed by atoms with Crippen molar-refractivity contribution < 1.29 is 9.18 Å². The highest BCUT2D eigenvalue weighted by Gasteiger charge is 2.28. The number of hydrogen-bond acceptors (Lipinski definition) is 6. The van der Waals surface area contributed by atoms with Crippen LogP contribution in [0.5, 0.6) is 0 Å². The Morgan fingerprint density at radius 2 is 2.22 bits per heavy atom. The van der Waals surface area contributed by atoms with Crippen LogP contribution in [-0.2, 0) is 11.8 Å². The third-order valence-electron chi connectivity index (χ3n) is 4.33. The normalized spacial score (nSPS) is 14.9. The minimum atomic E-state index is -0.682. The van der Waals surface area contributed by atoms with Crippen LogP contribution in [0.25, 0.3) is 0 Å². The van der Waals surface area contributed by atoms with E-state index in [9.17, 15) is 9.18 Å². The first kappa shape index (κ1) is 17.7. The number of thioether (sulfide) groups is 1. The molecule has 2 heterocycles. The molecule has 10 heteroatoms. The van der Waals surface area contributed by atoms with Crippen molar-refractivity contribution in [1.82, 2.24) is 35.1 Å². The van der Waals surface area contributed by atoms with E-state index in [1.807, 2.05) is 0 Å². The summed E-state index contributed by atoms with van der Waals surface area (Å²) in [6, 6.07) is 6.03. The number of amides is 1. The largest absolute Gasteiger partial charge is 0.341 e. The van der Waals surface area contributed by atoms with E-state index in [-0.39, 0.29) is 11.7 Å². The number of hydrogen-bond donors (Lipinski definition) is 1. The number of aryl methyl sites for hydroxylation is 1. The summed E-state index contributed by atoms with van der Waals surface area (Å²) >= 11 is 1.27. The first-order chi connectivity index (χ1) is 13.1. The summed E-state index contributed by atoms with van der Waals surface area (Å²) in [6.07, 6.45) is 5.49. The molecule has 0 saturated heterocycles. The number of nitrogens with zero attached hydrogens (tertiary/aromatic N) is 6. The quantitative estimate of drug-likeness (QED) is 0.623. The minimum absolute atomic E-state index is 0.127. The van der Waals surface area contributed by atoms with Crippen molar-refractivity contribution in [3.63, 3.8) is 0 Å². The summed E-state index contributed by atoms with van der Waals surface area (Å²) in [5.41, 5.74) is 0.368. The molecule has 2 aromatic heterocycles. The maximum absolute atomic E-state index is 14.3. The predicted octanol–water partition coefficient (Wildman–Crippen LogP) is 1.88. The van der Waals surface area contributed by atoms with Crippen molar-refractivity contribution in [1.29, 1.82) is 0 Å². The van der Waals surface area contributed by atoms with E-state index in [1.54, 1.807) is 46.9 Å². The fraction of sp³-hybridized carbons (Fsp3) is 0.353. The van der Waals surface area contributed by atoms with Gasteiger partial charge in [-0.1, -0.05) is 30.0 Å². The molecule has 0 bridgehead atoms. The lowest BCUT2D eigenvalue weighted by atomic mass is 10.1. The molecule has 1 saturated carbocycles. The van der Waals surface area contributed by atoms with Crippen LogP contribution in [0.3, 0.4) is 0 Å². The van der Waals surface area contributed by atoms with E-state index < -0.39 is 11.9 Å². The molecule has 1 atom stereocenters. The van der Waals surface area contributed by atoms with Gasteiger partial charge in [0, 0.05) is 25.0 Å². The van der Waals surface area contributed by atoms with Crippen LogP contribution in [0.1, 0.15) is 36.3 Å². The number of halogens is 1. The van der Waals surface area contributed by atoms with Crippen LogP contribution in [0.2, 0.25) is 0 Å². The highest BCUT2D eigenvalue weighted by molar-refractivity contribution is 7.99. The molecule has 0 spiro atoms. The van der Waals surface area contributed by atoms with Gasteiger partial charge in [0.1, 0.15) is 17.7 Å². The lowest BCUT2D eigenvalue weighted by molar-refractivity contribution is -0.119. The van der Waals surface area contributed by atoms with Crippen LogP contribution < -0.4 is 5.32 Å². The van der Waals surface area contributed by atoms with E-state index in [2.05, 4.69) is 25.8 Å². The van der Waals surface area contributed by atoms with Crippen LogP contribution in [0.4, 0.5) is 4.39 Å². The average Bonchev–Trinajstić information content (AvgIpc) is 3.24. The molecule has 1 aliphatic carbocycles. The van der Waals surface area contributed by atoms with Gasteiger partial charge >= 0.3 is 0 Å². The smallest absolute Gasteiger partial charge is 0.231 e. The van der Waals surface area contributed by atoms with Gasteiger partial charge in [0.15, 0.2) is 0 Å². The molecule has 1 fully saturated rings. The lowest BCUT2D eigenvalue weighted by Gasteiger charge is -2.19. The highest BCUT2D eigenvalue weighted by Crippen LogP contribution is 2.36. The SMILES string of the molecule is Cn1ccnc1[C@@H](NC(=O)CSc1nnnn1C1CC1)c1ccccc1F. The molecule has 8 nitrogen and oxygen atoms in total. The van der Waals surface area contributed by atoms with Crippen LogP contribution in [-0.4, -0.2) is 41.4 Å². The number of imidazole rings is 1. The Labute approximate surface area is 159 Å². The monoisotopic (exact) mass is 387 g/mol. The van der Waals surface area contributed by atoms with Crippen LogP contribution in [0, 0.1) is 5.82 Å². The number of carbonyl (C=O) groups is 1. The fourth-order valence-corrected chi connectivity index (χ4v) is 3.56. The van der Waals surface area contributed by atoms with E-state index in [4.69, 9.17) is 0 Å². The molecule has 27 heavy (non-hydrogen) atoms. The number of tetrazole rings is 1. The molecule has 0 unspecified atom stereocenters. The molecule has 0 aliphatic heterocycles. The summed E-state index contributed by atoms with van der Waals surface area (Å²) in [5, 5.41) is 15.1. The van der Waals surface area contributed by atoms with Crippen molar-refractivity contribution in [3.05, 3.63) is 53.9 Å². The maximum Gasteiger partial charge on any atom is 0.231 e. The van der Waals surface area contributed by atoms with Gasteiger partial charge in [0.25, 0.3) is 0 Å². The second-order valence-electron chi connectivity index (χ2n) is 6.34. The van der Waals surface area contributed by atoms with Crippen molar-refractivity contribution in [3.8, 4) is 0 Å². The highest BCUT2D eigenvalue weighted by atomic mass is 32.2. The number of rotatable bonds is 7. The van der Waals surface area contributed by atoms with Crippen molar-refractivity contribution in [2.45, 2.75) is 30.1 Å². The van der Waals surface area contributed by atoms with Crippen molar-refractivity contribution in [2.24, 2.45) is 7.05 Å². The Balaban J connectivity index is 1.49. The third kappa shape index (κ3) is 3.85. The lowest BCUT2D eigenvalue weighted by Crippen LogP contribution is -2.33. The summed E-state index contributed by atoms with van der Waals surface area (Å²) in [4.78, 5) is 16.8. The summed E-state index contributed by atoms with van der Waals surface area (Å²) in [6.45, 7) is 0. The summed E-state index contributed by atoms with van der Waals surface area (Å²) < 4.78 is 17.9. The van der Waals surface area contributed by atoms with Crippen molar-refractivity contribution in [2.75, 3.05) is 5.75 Å². The van der Waals surface area contributed by atoms with Gasteiger partial charge in [-0.3, -0.25) is 4.79 Å². The number of aromatic nitrogens is 6. The number of benzene rings is 1. The second kappa shape index (κ2) is 7.47. The van der Waals surface area contributed by atoms with Gasteiger partial charge in [-0.05, 0) is 29.3 Å². The van der Waals surface area contributed by atoms with E-state index in [1.165, 1.54) is 17.8 Å². The van der Waals surface area contributed by atoms with Crippen molar-refractivity contribution >= 4 is 17.7 Å². The Bertz CT molecular complexity index is 952. The Morgan fingerprint density at radius 1 is 1.41 bits per heavy atom. The van der Waals surface area contributed by atoms with Gasteiger partial charge in [0.05, 0.1) is 11.8 Å². The maximum atomic E-state index is 14.3. The van der Waals surface area contributed by atoms with Gasteiger partial charge in [0.2, 0.25) is 11.1 Å². The predicted molar refractivity (Wildman–Crippen MR) is 96.4 cm³/mol. The molecule has 1 aromatic carbocycles. The summed E-state index contributed by atoms with van der Waals surface area (Å²) in [7, 11) is 1.81. The topological polar surface area (TPSA) is 90.5 Å². The molecule has 1 aliphatic rings. The molecular weight excluding hydrogens is 369 g/mol. The standard InChI is InChI=1S/C17H18FN7OS/c1-24-9-8-19-16(24)15(12-4-2-3-5-13(12)18)20-14(26)10-27-17-21-22-23-25(17)11-6-7-11/h2-5,8-9,11,15H,6-7,10H2,1H3,(H,20,26)/t15-/m0/s1. The molecule has 1 amide bonds. The van der Waals surface area contributed by atoms with Crippen LogP contribution >= 0.6 is 11.8 Å². The molecular formula is C17H18FN7OS. The molecule has 4 rings (SSSR count). The Kier molecular flexibility index (Phi) is 4.88. The molecule has 3 aromatic rings. The van der Waals surface area contributed by atoms with Gasteiger partial charge < -0.3 is 9.88 Å². The van der Waals surface area contributed by atoms with E-state index >= 15 is 0 Å². The second-order valence-corrected chi connectivity index (χ2v) is 7.29. The zero-order chi connectivity index (χ0) is 18.8. The van der Waals surface area contributed by atoms with Crippen LogP contribution in [0.15, 0.2) is 41.8 Å². The third-order valence-corrected chi connectivity index (χ3v) is 5.26. The Morgan fingerprint density at radius 3 is 2.93 bits per heavy atom.